The summed E-state index contributed by atoms with van der Waals surface area (Å²) in [4.78, 5) is 11.6. The van der Waals surface area contributed by atoms with E-state index >= 15 is 0 Å². The lowest BCUT2D eigenvalue weighted by Crippen LogP contribution is -2.52. The van der Waals surface area contributed by atoms with Gasteiger partial charge in [-0.3, -0.25) is 15.1 Å². The number of piperidine rings is 1. The molecule has 0 bridgehead atoms. The molecule has 1 spiro atoms. The van der Waals surface area contributed by atoms with Crippen molar-refractivity contribution >= 4 is 11.7 Å². The summed E-state index contributed by atoms with van der Waals surface area (Å²) < 4.78 is 16.6. The molecule has 2 rings (SSSR count). The van der Waals surface area contributed by atoms with E-state index in [1.165, 1.54) is 6.08 Å². The molecule has 2 heterocycles. The van der Waals surface area contributed by atoms with Crippen molar-refractivity contribution in [2.24, 2.45) is 5.73 Å². The van der Waals surface area contributed by atoms with Gasteiger partial charge in [-0.2, -0.15) is 0 Å². The topological polar surface area (TPSA) is 108 Å². The quantitative estimate of drug-likeness (QED) is 0.449. The van der Waals surface area contributed by atoms with Crippen molar-refractivity contribution in [2.45, 2.75) is 58.1 Å². The molecule has 2 aliphatic rings. The summed E-state index contributed by atoms with van der Waals surface area (Å²) in [5.74, 6) is -0.547. The molecule has 0 amide bonds. The molecule has 0 aliphatic carbocycles. The number of carbonyl (C=O) groups excluding carboxylic acids is 1. The van der Waals surface area contributed by atoms with Gasteiger partial charge in [0, 0.05) is 20.0 Å². The highest BCUT2D eigenvalue weighted by Crippen LogP contribution is 2.25. The van der Waals surface area contributed by atoms with Crippen LogP contribution >= 0.6 is 0 Å². The Morgan fingerprint density at radius 1 is 1.31 bits per heavy atom. The Kier molecular flexibility index (Phi) is 18.7. The number of rotatable bonds is 3. The Morgan fingerprint density at radius 2 is 2.00 bits per heavy atom. The van der Waals surface area contributed by atoms with Gasteiger partial charge in [-0.05, 0) is 44.8 Å². The maximum atomic E-state index is 11.6. The second kappa shape index (κ2) is 18.2. The average Bonchev–Trinajstić information content (AvgIpc) is 2.75. The average molecular weight is 374 g/mol. The molecule has 6 nitrogen and oxygen atoms in total. The standard InChI is InChI=1S/C12H16N2O2.C4H10FN.C2H6.CH4O/c13-10-6-2-1-3-7-12(16-11(10)15)8-4-5-9-14-12;5-3-1-2-4-6;2*1-2/h1-3,6,13-14H,4-5,7-9H2;1-4,6H2;1-2H3;2H,1H3/b3-1-,6-2-,13-10?;;;/t12-;;;/m0.../s1. The Bertz CT molecular complexity index is 416. The summed E-state index contributed by atoms with van der Waals surface area (Å²) in [6, 6.07) is 0. The van der Waals surface area contributed by atoms with E-state index in [-0.39, 0.29) is 12.4 Å². The monoisotopic (exact) mass is 373 g/mol. The van der Waals surface area contributed by atoms with Gasteiger partial charge in [-0.1, -0.05) is 32.1 Å². The molecule has 0 aromatic rings. The predicted octanol–water partition coefficient (Wildman–Crippen LogP) is 2.86. The van der Waals surface area contributed by atoms with Crippen LogP contribution < -0.4 is 11.1 Å². The lowest BCUT2D eigenvalue weighted by molar-refractivity contribution is -0.157. The second-order valence-corrected chi connectivity index (χ2v) is 5.36. The first-order valence-corrected chi connectivity index (χ1v) is 9.24. The fourth-order valence-corrected chi connectivity index (χ4v) is 2.27. The van der Waals surface area contributed by atoms with Gasteiger partial charge in [0.25, 0.3) is 0 Å². The van der Waals surface area contributed by atoms with Crippen LogP contribution in [0, 0.1) is 5.41 Å². The molecule has 2 aliphatic heterocycles. The number of nitrogens with two attached hydrogens (primary N) is 1. The van der Waals surface area contributed by atoms with Crippen LogP contribution in [0.5, 0.6) is 0 Å². The number of ether oxygens (including phenoxy) is 1. The minimum Gasteiger partial charge on any atom is -0.439 e. The Labute approximate surface area is 157 Å². The van der Waals surface area contributed by atoms with Gasteiger partial charge >= 0.3 is 5.97 Å². The maximum absolute atomic E-state index is 11.6. The number of alkyl halides is 1. The molecule has 7 heteroatoms. The van der Waals surface area contributed by atoms with Gasteiger partial charge < -0.3 is 15.6 Å². The normalized spacial score (nSPS) is 23.9. The Balaban J connectivity index is 0. The van der Waals surface area contributed by atoms with E-state index in [1.807, 2.05) is 26.0 Å². The molecular formula is C19H36FN3O3. The van der Waals surface area contributed by atoms with Crippen molar-refractivity contribution in [2.75, 3.05) is 26.9 Å². The van der Waals surface area contributed by atoms with Crippen LogP contribution in [0.15, 0.2) is 24.3 Å². The summed E-state index contributed by atoms with van der Waals surface area (Å²) in [5, 5.41) is 17.8. The third kappa shape index (κ3) is 11.9. The van der Waals surface area contributed by atoms with Crippen LogP contribution in [0.3, 0.4) is 0 Å². The molecule has 0 saturated carbocycles. The summed E-state index contributed by atoms with van der Waals surface area (Å²) in [5.41, 5.74) is 4.36. The first-order chi connectivity index (χ1) is 12.6. The molecule has 1 saturated heterocycles. The molecule has 1 atom stereocenters. The predicted molar refractivity (Wildman–Crippen MR) is 105 cm³/mol. The highest BCUT2D eigenvalue weighted by molar-refractivity contribution is 6.39. The molecule has 0 aromatic heterocycles. The van der Waals surface area contributed by atoms with Gasteiger partial charge in [0.1, 0.15) is 5.71 Å². The van der Waals surface area contributed by atoms with Crippen LogP contribution in [-0.2, 0) is 9.53 Å². The van der Waals surface area contributed by atoms with Gasteiger partial charge in [0.05, 0.1) is 6.67 Å². The molecular weight excluding hydrogens is 337 g/mol. The van der Waals surface area contributed by atoms with Gasteiger partial charge in [-0.15, -0.1) is 0 Å². The van der Waals surface area contributed by atoms with E-state index in [0.717, 1.165) is 39.3 Å². The number of unbranched alkanes of at least 4 members (excludes halogenated alkanes) is 1. The smallest absolute Gasteiger partial charge is 0.357 e. The molecule has 1 fully saturated rings. The van der Waals surface area contributed by atoms with Crippen molar-refractivity contribution in [3.63, 3.8) is 0 Å². The molecule has 5 N–H and O–H groups in total. The number of aliphatic hydroxyl groups excluding tert-OH is 1. The number of nitrogens with one attached hydrogen (secondary N) is 2. The van der Waals surface area contributed by atoms with E-state index < -0.39 is 11.7 Å². The second-order valence-electron chi connectivity index (χ2n) is 5.36. The van der Waals surface area contributed by atoms with Crippen LogP contribution in [0.4, 0.5) is 4.39 Å². The van der Waals surface area contributed by atoms with E-state index in [9.17, 15) is 9.18 Å². The van der Waals surface area contributed by atoms with Crippen molar-refractivity contribution in [1.82, 2.24) is 5.32 Å². The van der Waals surface area contributed by atoms with Crippen molar-refractivity contribution < 1.29 is 19.0 Å². The maximum Gasteiger partial charge on any atom is 0.357 e. The lowest BCUT2D eigenvalue weighted by Gasteiger charge is -2.36. The highest BCUT2D eigenvalue weighted by atomic mass is 19.1. The van der Waals surface area contributed by atoms with E-state index in [2.05, 4.69) is 5.32 Å². The van der Waals surface area contributed by atoms with Crippen LogP contribution in [0.2, 0.25) is 0 Å². The van der Waals surface area contributed by atoms with Crippen molar-refractivity contribution in [3.8, 4) is 0 Å². The first kappa shape index (κ1) is 26.7. The molecule has 0 unspecified atom stereocenters. The third-order valence-corrected chi connectivity index (χ3v) is 3.51. The summed E-state index contributed by atoms with van der Waals surface area (Å²) >= 11 is 0. The van der Waals surface area contributed by atoms with Crippen LogP contribution in [-0.4, -0.2) is 49.4 Å². The Morgan fingerprint density at radius 3 is 2.50 bits per heavy atom. The van der Waals surface area contributed by atoms with E-state index in [4.69, 9.17) is 21.0 Å². The molecule has 26 heavy (non-hydrogen) atoms. The SMILES string of the molecule is CC.CO.N=C1/C=C\C=C/C[C@@]2(CCCCN2)OC1=O.NCCCCF. The molecule has 0 radical (unpaired) electrons. The lowest BCUT2D eigenvalue weighted by atomic mass is 9.97. The van der Waals surface area contributed by atoms with Gasteiger partial charge in [0.2, 0.25) is 0 Å². The zero-order valence-corrected chi connectivity index (χ0v) is 16.4. The largest absolute Gasteiger partial charge is 0.439 e. The fourth-order valence-electron chi connectivity index (χ4n) is 2.27. The van der Waals surface area contributed by atoms with Crippen LogP contribution in [0.25, 0.3) is 0 Å². The summed E-state index contributed by atoms with van der Waals surface area (Å²) in [7, 11) is 1.00. The molecule has 0 aromatic carbocycles. The first-order valence-electron chi connectivity index (χ1n) is 9.24. The summed E-state index contributed by atoms with van der Waals surface area (Å²) in [6.45, 7) is 5.25. The van der Waals surface area contributed by atoms with E-state index in [0.29, 0.717) is 19.4 Å². The minimum atomic E-state index is -0.593. The third-order valence-electron chi connectivity index (χ3n) is 3.51. The summed E-state index contributed by atoms with van der Waals surface area (Å²) in [6.07, 6.45) is 12.1. The number of allylic oxidation sites excluding steroid dienone is 2. The number of halogens is 1. The van der Waals surface area contributed by atoms with Gasteiger partial charge in [0.15, 0.2) is 5.72 Å². The van der Waals surface area contributed by atoms with Crippen molar-refractivity contribution in [3.05, 3.63) is 24.3 Å². The minimum absolute atomic E-state index is 0.0988. The zero-order valence-electron chi connectivity index (χ0n) is 16.4. The number of carbonyl (C=O) groups is 1. The van der Waals surface area contributed by atoms with Crippen LogP contribution in [0.1, 0.15) is 52.4 Å². The highest BCUT2D eigenvalue weighted by Gasteiger charge is 2.35. The van der Waals surface area contributed by atoms with E-state index in [1.54, 1.807) is 6.08 Å². The zero-order chi connectivity index (χ0) is 20.3. The number of hydrogen-bond acceptors (Lipinski definition) is 6. The fraction of sp³-hybridized carbons (Fsp3) is 0.684. The number of aliphatic hydroxyl groups is 1. The van der Waals surface area contributed by atoms with Crippen molar-refractivity contribution in [1.29, 1.82) is 5.41 Å². The number of esters is 1. The number of hydrogen-bond donors (Lipinski definition) is 4. The van der Waals surface area contributed by atoms with Gasteiger partial charge in [-0.25, -0.2) is 4.79 Å². The Hall–Kier alpha value is -1.57. The molecule has 152 valence electrons.